The molecular formula is C17H21N3O3S. The normalized spacial score (nSPS) is 18.8. The number of carbonyl (C=O) groups excluding carboxylic acids is 2. The van der Waals surface area contributed by atoms with Gasteiger partial charge >= 0.3 is 0 Å². The highest BCUT2D eigenvalue weighted by molar-refractivity contribution is 7.99. The number of nitrogens with one attached hydrogen (secondary N) is 2. The van der Waals surface area contributed by atoms with Crippen molar-refractivity contribution in [3.05, 3.63) is 36.0 Å². The van der Waals surface area contributed by atoms with E-state index in [4.69, 9.17) is 4.74 Å². The molecule has 2 amide bonds. The fraction of sp³-hybridized carbons (Fsp3) is 0.412. The minimum atomic E-state index is -0.449. The van der Waals surface area contributed by atoms with E-state index in [2.05, 4.69) is 10.3 Å². The van der Waals surface area contributed by atoms with Gasteiger partial charge in [0.2, 0.25) is 5.91 Å². The Labute approximate surface area is 144 Å². The quantitative estimate of drug-likeness (QED) is 0.865. The summed E-state index contributed by atoms with van der Waals surface area (Å²) in [6.45, 7) is 2.33. The first kappa shape index (κ1) is 16.9. The van der Waals surface area contributed by atoms with Crippen LogP contribution in [0.1, 0.15) is 17.3 Å². The minimum absolute atomic E-state index is 0.0851. The third kappa shape index (κ3) is 3.27. The number of hydrogen-bond donors (Lipinski definition) is 2. The number of benzene rings is 1. The highest BCUT2D eigenvalue weighted by atomic mass is 32.2. The van der Waals surface area contributed by atoms with Crippen molar-refractivity contribution >= 4 is 34.5 Å². The van der Waals surface area contributed by atoms with Crippen LogP contribution in [0.5, 0.6) is 0 Å². The van der Waals surface area contributed by atoms with Gasteiger partial charge in [0, 0.05) is 36.0 Å². The molecule has 24 heavy (non-hydrogen) atoms. The van der Waals surface area contributed by atoms with Gasteiger partial charge in [0.1, 0.15) is 6.04 Å². The zero-order valence-electron chi connectivity index (χ0n) is 13.7. The van der Waals surface area contributed by atoms with Gasteiger partial charge in [-0.05, 0) is 13.0 Å². The molecule has 0 unspecified atom stereocenters. The van der Waals surface area contributed by atoms with E-state index in [1.54, 1.807) is 30.0 Å². The lowest BCUT2D eigenvalue weighted by Gasteiger charge is -2.24. The van der Waals surface area contributed by atoms with Crippen molar-refractivity contribution in [2.75, 3.05) is 25.3 Å². The molecular weight excluding hydrogens is 326 g/mol. The van der Waals surface area contributed by atoms with E-state index in [0.717, 1.165) is 10.9 Å². The third-order valence-electron chi connectivity index (χ3n) is 4.07. The number of aromatic nitrogens is 1. The Morgan fingerprint density at radius 3 is 3.04 bits per heavy atom. The number of aromatic amines is 1. The van der Waals surface area contributed by atoms with Crippen LogP contribution >= 0.6 is 11.8 Å². The topological polar surface area (TPSA) is 74.4 Å². The Morgan fingerprint density at radius 1 is 1.46 bits per heavy atom. The maximum absolute atomic E-state index is 12.9. The molecule has 3 rings (SSSR count). The smallest absolute Gasteiger partial charge is 0.257 e. The van der Waals surface area contributed by atoms with Crippen LogP contribution < -0.4 is 5.32 Å². The van der Waals surface area contributed by atoms with Crippen LogP contribution in [0, 0.1) is 0 Å². The Balaban J connectivity index is 1.77. The van der Waals surface area contributed by atoms with Gasteiger partial charge < -0.3 is 19.9 Å². The first-order chi connectivity index (χ1) is 11.6. The summed E-state index contributed by atoms with van der Waals surface area (Å²) in [6, 6.07) is 7.14. The summed E-state index contributed by atoms with van der Waals surface area (Å²) in [4.78, 5) is 30.2. The van der Waals surface area contributed by atoms with E-state index in [0.29, 0.717) is 23.8 Å². The first-order valence-corrected chi connectivity index (χ1v) is 9.01. The molecule has 2 aromatic rings. The van der Waals surface area contributed by atoms with Crippen LogP contribution in [0.4, 0.5) is 0 Å². The molecule has 2 atom stereocenters. The van der Waals surface area contributed by atoms with Crippen molar-refractivity contribution in [3.63, 3.8) is 0 Å². The van der Waals surface area contributed by atoms with Gasteiger partial charge in [-0.2, -0.15) is 0 Å². The van der Waals surface area contributed by atoms with Crippen LogP contribution in [-0.2, 0) is 9.53 Å². The van der Waals surface area contributed by atoms with Gasteiger partial charge in [0.05, 0.1) is 18.0 Å². The number of thioether (sulfide) groups is 1. The van der Waals surface area contributed by atoms with Crippen molar-refractivity contribution < 1.29 is 14.3 Å². The Kier molecular flexibility index (Phi) is 5.11. The van der Waals surface area contributed by atoms with E-state index in [1.807, 2.05) is 31.2 Å². The van der Waals surface area contributed by atoms with E-state index in [-0.39, 0.29) is 17.9 Å². The van der Waals surface area contributed by atoms with Crippen LogP contribution in [0.3, 0.4) is 0 Å². The molecule has 7 heteroatoms. The predicted octanol–water partition coefficient (Wildman–Crippen LogP) is 1.83. The standard InChI is InChI=1S/C17H21N3O3S/c1-11(8-23-2)19-16(21)15-9-24-10-20(15)17(22)13-7-18-14-6-4-3-5-12(13)14/h3-7,11,15,18H,8-10H2,1-2H3,(H,19,21)/t11-,15-/m0/s1. The Morgan fingerprint density at radius 2 is 2.25 bits per heavy atom. The average molecular weight is 347 g/mol. The number of para-hydroxylation sites is 1. The molecule has 1 aromatic carbocycles. The molecule has 1 aliphatic heterocycles. The molecule has 2 heterocycles. The van der Waals surface area contributed by atoms with E-state index in [1.165, 1.54) is 0 Å². The summed E-state index contributed by atoms with van der Waals surface area (Å²) >= 11 is 1.59. The maximum atomic E-state index is 12.9. The van der Waals surface area contributed by atoms with Crippen molar-refractivity contribution in [2.24, 2.45) is 0 Å². The fourth-order valence-corrected chi connectivity index (χ4v) is 4.05. The van der Waals surface area contributed by atoms with Crippen molar-refractivity contribution in [2.45, 2.75) is 19.0 Å². The van der Waals surface area contributed by atoms with Crippen molar-refractivity contribution in [1.29, 1.82) is 0 Å². The molecule has 6 nitrogen and oxygen atoms in total. The van der Waals surface area contributed by atoms with Gasteiger partial charge in [-0.15, -0.1) is 11.8 Å². The van der Waals surface area contributed by atoms with Crippen molar-refractivity contribution in [1.82, 2.24) is 15.2 Å². The number of hydrogen-bond acceptors (Lipinski definition) is 4. The summed E-state index contributed by atoms with van der Waals surface area (Å²) < 4.78 is 5.04. The Hall–Kier alpha value is -1.99. The molecule has 1 aromatic heterocycles. The summed E-state index contributed by atoms with van der Waals surface area (Å²) in [5.41, 5.74) is 1.53. The zero-order valence-corrected chi connectivity index (χ0v) is 14.6. The lowest BCUT2D eigenvalue weighted by atomic mass is 10.1. The largest absolute Gasteiger partial charge is 0.383 e. The molecule has 0 saturated carbocycles. The van der Waals surface area contributed by atoms with Gasteiger partial charge in [0.15, 0.2) is 0 Å². The Bertz CT molecular complexity index is 746. The summed E-state index contributed by atoms with van der Waals surface area (Å²) in [7, 11) is 1.60. The second kappa shape index (κ2) is 7.27. The molecule has 1 aliphatic rings. The molecule has 128 valence electrons. The number of carbonyl (C=O) groups is 2. The number of amides is 2. The monoisotopic (exact) mass is 347 g/mol. The minimum Gasteiger partial charge on any atom is -0.383 e. The lowest BCUT2D eigenvalue weighted by molar-refractivity contribution is -0.125. The molecule has 0 radical (unpaired) electrons. The number of methoxy groups -OCH3 is 1. The van der Waals surface area contributed by atoms with Crippen LogP contribution in [-0.4, -0.2) is 59.1 Å². The van der Waals surface area contributed by atoms with Gasteiger partial charge in [-0.1, -0.05) is 18.2 Å². The number of ether oxygens (including phenoxy) is 1. The average Bonchev–Trinajstić information content (AvgIpc) is 3.21. The molecule has 0 aliphatic carbocycles. The number of fused-ring (bicyclic) bond motifs is 1. The maximum Gasteiger partial charge on any atom is 0.257 e. The molecule has 0 bridgehead atoms. The van der Waals surface area contributed by atoms with E-state index in [9.17, 15) is 9.59 Å². The van der Waals surface area contributed by atoms with Crippen LogP contribution in [0.25, 0.3) is 10.9 Å². The summed E-state index contributed by atoms with van der Waals surface area (Å²) in [6.07, 6.45) is 1.72. The number of rotatable bonds is 5. The third-order valence-corrected chi connectivity index (χ3v) is 5.08. The number of H-pyrrole nitrogens is 1. The van der Waals surface area contributed by atoms with Gasteiger partial charge in [-0.3, -0.25) is 9.59 Å². The van der Waals surface area contributed by atoms with Gasteiger partial charge in [-0.25, -0.2) is 0 Å². The molecule has 2 N–H and O–H groups in total. The molecule has 1 saturated heterocycles. The lowest BCUT2D eigenvalue weighted by Crippen LogP contribution is -2.50. The summed E-state index contributed by atoms with van der Waals surface area (Å²) in [5, 5.41) is 3.79. The molecule has 1 fully saturated rings. The second-order valence-electron chi connectivity index (χ2n) is 5.90. The zero-order chi connectivity index (χ0) is 17.1. The highest BCUT2D eigenvalue weighted by Gasteiger charge is 2.36. The molecule has 0 spiro atoms. The van der Waals surface area contributed by atoms with E-state index >= 15 is 0 Å². The SMILES string of the molecule is COC[C@H](C)NC(=O)[C@@H]1CSCN1C(=O)c1c[nH]c2ccccc12. The van der Waals surface area contributed by atoms with Gasteiger partial charge in [0.25, 0.3) is 5.91 Å². The van der Waals surface area contributed by atoms with Crippen LogP contribution in [0.15, 0.2) is 30.5 Å². The fourth-order valence-electron chi connectivity index (χ4n) is 2.89. The van der Waals surface area contributed by atoms with Crippen LogP contribution in [0.2, 0.25) is 0 Å². The highest BCUT2D eigenvalue weighted by Crippen LogP contribution is 2.26. The second-order valence-corrected chi connectivity index (χ2v) is 6.90. The summed E-state index contributed by atoms with van der Waals surface area (Å²) in [5.74, 6) is 0.893. The van der Waals surface area contributed by atoms with E-state index < -0.39 is 6.04 Å². The predicted molar refractivity (Wildman–Crippen MR) is 95.1 cm³/mol. The van der Waals surface area contributed by atoms with Crippen molar-refractivity contribution in [3.8, 4) is 0 Å². The number of nitrogens with zero attached hydrogens (tertiary/aromatic N) is 1. The first-order valence-electron chi connectivity index (χ1n) is 7.86.